The van der Waals surface area contributed by atoms with Crippen LogP contribution in [-0.4, -0.2) is 34.5 Å². The van der Waals surface area contributed by atoms with Gasteiger partial charge in [-0.25, -0.2) is 9.48 Å². The van der Waals surface area contributed by atoms with E-state index in [4.69, 9.17) is 0 Å². The van der Waals surface area contributed by atoms with Crippen LogP contribution in [0, 0.1) is 0 Å². The quantitative estimate of drug-likeness (QED) is 0.600. The monoisotopic (exact) mass is 262 g/mol. The molecule has 0 aliphatic heterocycles. The van der Waals surface area contributed by atoms with Crippen molar-refractivity contribution in [2.24, 2.45) is 7.05 Å². The summed E-state index contributed by atoms with van der Waals surface area (Å²) in [6.45, 7) is 0. The van der Waals surface area contributed by atoms with Gasteiger partial charge in [-0.15, -0.1) is 5.10 Å². The molecular weight excluding hydrogens is 252 g/mol. The summed E-state index contributed by atoms with van der Waals surface area (Å²) in [6, 6.07) is 2.72. The third kappa shape index (κ3) is 2.15. The summed E-state index contributed by atoms with van der Waals surface area (Å²) in [5.74, 6) is -0.645. The van der Waals surface area contributed by atoms with E-state index in [0.717, 1.165) is 4.68 Å². The van der Waals surface area contributed by atoms with Crippen LogP contribution in [0.5, 0.6) is 0 Å². The number of hydrogen-bond donors (Lipinski definition) is 1. The molecule has 0 saturated carbocycles. The summed E-state index contributed by atoms with van der Waals surface area (Å²) < 4.78 is 5.66. The van der Waals surface area contributed by atoms with Gasteiger partial charge in [0.2, 0.25) is 6.41 Å². The van der Waals surface area contributed by atoms with E-state index < -0.39 is 5.97 Å². The summed E-state index contributed by atoms with van der Waals surface area (Å²) in [6.07, 6.45) is 0.409. The molecule has 1 heterocycles. The predicted octanol–water partition coefficient (Wildman–Crippen LogP) is -0.317. The SMILES string of the molecule is COC(=O)c1cc2nnn(C)c(=O)c2cc1NC=O. The van der Waals surface area contributed by atoms with Crippen LogP contribution in [0.3, 0.4) is 0 Å². The Balaban J connectivity index is 2.79. The summed E-state index contributed by atoms with van der Waals surface area (Å²) in [5.41, 5.74) is 0.152. The number of aryl methyl sites for hydroxylation is 1. The Labute approximate surface area is 107 Å². The first kappa shape index (κ1) is 12.7. The molecule has 0 saturated heterocycles. The number of aromatic nitrogens is 3. The lowest BCUT2D eigenvalue weighted by Crippen LogP contribution is -2.21. The minimum atomic E-state index is -0.645. The molecule has 1 N–H and O–H groups in total. The fourth-order valence-corrected chi connectivity index (χ4v) is 1.63. The molecule has 0 bridgehead atoms. The van der Waals surface area contributed by atoms with Crippen LogP contribution in [-0.2, 0) is 16.6 Å². The molecule has 1 aromatic carbocycles. The predicted molar refractivity (Wildman–Crippen MR) is 65.8 cm³/mol. The van der Waals surface area contributed by atoms with E-state index in [1.54, 1.807) is 0 Å². The van der Waals surface area contributed by atoms with Crippen LogP contribution in [0.4, 0.5) is 5.69 Å². The highest BCUT2D eigenvalue weighted by Crippen LogP contribution is 2.21. The van der Waals surface area contributed by atoms with E-state index in [0.29, 0.717) is 6.41 Å². The molecule has 19 heavy (non-hydrogen) atoms. The molecule has 0 fully saturated rings. The number of anilines is 1. The van der Waals surface area contributed by atoms with Crippen molar-refractivity contribution in [2.75, 3.05) is 12.4 Å². The summed E-state index contributed by atoms with van der Waals surface area (Å²) in [4.78, 5) is 34.0. The highest BCUT2D eigenvalue weighted by Gasteiger charge is 2.15. The highest BCUT2D eigenvalue weighted by molar-refractivity contribution is 6.02. The number of esters is 1. The number of hydrogen-bond acceptors (Lipinski definition) is 6. The number of benzene rings is 1. The van der Waals surface area contributed by atoms with Gasteiger partial charge in [-0.2, -0.15) is 0 Å². The highest BCUT2D eigenvalue weighted by atomic mass is 16.5. The minimum absolute atomic E-state index is 0.102. The van der Waals surface area contributed by atoms with E-state index in [1.807, 2.05) is 0 Å². The first-order valence-corrected chi connectivity index (χ1v) is 5.24. The van der Waals surface area contributed by atoms with Crippen molar-refractivity contribution in [2.45, 2.75) is 0 Å². The van der Waals surface area contributed by atoms with Gasteiger partial charge in [0.05, 0.1) is 23.7 Å². The minimum Gasteiger partial charge on any atom is -0.465 e. The zero-order chi connectivity index (χ0) is 14.0. The molecule has 0 aliphatic carbocycles. The van der Waals surface area contributed by atoms with Crippen LogP contribution in [0.1, 0.15) is 10.4 Å². The smallest absolute Gasteiger partial charge is 0.340 e. The second kappa shape index (κ2) is 4.84. The Kier molecular flexibility index (Phi) is 3.23. The van der Waals surface area contributed by atoms with E-state index >= 15 is 0 Å². The third-order valence-corrected chi connectivity index (χ3v) is 2.57. The molecule has 0 spiro atoms. The molecular formula is C11H10N4O4. The van der Waals surface area contributed by atoms with Crippen molar-refractivity contribution in [3.8, 4) is 0 Å². The number of ether oxygens (including phenoxy) is 1. The molecule has 0 atom stereocenters. The third-order valence-electron chi connectivity index (χ3n) is 2.57. The first-order chi connectivity index (χ1) is 9.08. The molecule has 2 aromatic rings. The lowest BCUT2D eigenvalue weighted by atomic mass is 10.1. The number of fused-ring (bicyclic) bond motifs is 1. The van der Waals surface area contributed by atoms with E-state index in [1.165, 1.54) is 26.3 Å². The molecule has 8 nitrogen and oxygen atoms in total. The fraction of sp³-hybridized carbons (Fsp3) is 0.182. The Morgan fingerprint density at radius 3 is 2.84 bits per heavy atom. The zero-order valence-corrected chi connectivity index (χ0v) is 10.2. The number of rotatable bonds is 3. The fourth-order valence-electron chi connectivity index (χ4n) is 1.63. The van der Waals surface area contributed by atoms with Gasteiger partial charge in [0.1, 0.15) is 5.52 Å². The molecule has 1 amide bonds. The zero-order valence-electron chi connectivity index (χ0n) is 10.2. The van der Waals surface area contributed by atoms with Crippen LogP contribution < -0.4 is 10.9 Å². The van der Waals surface area contributed by atoms with Crippen LogP contribution in [0.25, 0.3) is 10.9 Å². The number of amides is 1. The van der Waals surface area contributed by atoms with Gasteiger partial charge in [0.25, 0.3) is 5.56 Å². The number of carbonyl (C=O) groups is 2. The maximum Gasteiger partial charge on any atom is 0.340 e. The van der Waals surface area contributed by atoms with Crippen LogP contribution >= 0.6 is 0 Å². The number of nitrogens with one attached hydrogen (secondary N) is 1. The van der Waals surface area contributed by atoms with Gasteiger partial charge < -0.3 is 10.1 Å². The van der Waals surface area contributed by atoms with Gasteiger partial charge in [0, 0.05) is 7.05 Å². The summed E-state index contributed by atoms with van der Waals surface area (Å²) >= 11 is 0. The first-order valence-electron chi connectivity index (χ1n) is 5.24. The Bertz CT molecular complexity index is 722. The molecule has 98 valence electrons. The van der Waals surface area contributed by atoms with Gasteiger partial charge >= 0.3 is 5.97 Å². The van der Waals surface area contributed by atoms with Crippen molar-refractivity contribution in [1.82, 2.24) is 15.0 Å². The summed E-state index contributed by atoms with van der Waals surface area (Å²) in [7, 11) is 2.67. The normalized spacial score (nSPS) is 10.2. The van der Waals surface area contributed by atoms with Crippen molar-refractivity contribution in [3.63, 3.8) is 0 Å². The van der Waals surface area contributed by atoms with Crippen molar-refractivity contribution < 1.29 is 14.3 Å². The lowest BCUT2D eigenvalue weighted by Gasteiger charge is -2.08. The maximum absolute atomic E-state index is 11.9. The van der Waals surface area contributed by atoms with Crippen molar-refractivity contribution in [3.05, 3.63) is 28.0 Å². The second-order valence-electron chi connectivity index (χ2n) is 3.69. The van der Waals surface area contributed by atoms with E-state index in [9.17, 15) is 14.4 Å². The molecule has 1 aromatic heterocycles. The van der Waals surface area contributed by atoms with E-state index in [2.05, 4.69) is 20.4 Å². The van der Waals surface area contributed by atoms with E-state index in [-0.39, 0.29) is 27.7 Å². The molecule has 2 rings (SSSR count). The number of methoxy groups -OCH3 is 1. The molecule has 0 unspecified atom stereocenters. The van der Waals surface area contributed by atoms with Crippen LogP contribution in [0.2, 0.25) is 0 Å². The molecule has 0 aliphatic rings. The Morgan fingerprint density at radius 1 is 1.47 bits per heavy atom. The van der Waals surface area contributed by atoms with Gasteiger partial charge in [-0.3, -0.25) is 9.59 Å². The topological polar surface area (TPSA) is 103 Å². The largest absolute Gasteiger partial charge is 0.465 e. The standard InChI is InChI=1S/C11H10N4O4/c1-15-10(17)6-3-8(12-5-16)7(11(18)19-2)4-9(6)13-14-15/h3-5H,1-2H3,(H,12,16). The second-order valence-corrected chi connectivity index (χ2v) is 3.69. The van der Waals surface area contributed by atoms with Crippen LogP contribution in [0.15, 0.2) is 16.9 Å². The lowest BCUT2D eigenvalue weighted by molar-refractivity contribution is -0.105. The average molecular weight is 262 g/mol. The van der Waals surface area contributed by atoms with Crippen molar-refractivity contribution >= 4 is 29.0 Å². The molecule has 8 heteroatoms. The van der Waals surface area contributed by atoms with Gasteiger partial charge in [-0.05, 0) is 12.1 Å². The van der Waals surface area contributed by atoms with Gasteiger partial charge in [-0.1, -0.05) is 5.21 Å². The Morgan fingerprint density at radius 2 is 2.21 bits per heavy atom. The Hall–Kier alpha value is -2.77. The summed E-state index contributed by atoms with van der Waals surface area (Å²) in [5, 5.41) is 10.0. The van der Waals surface area contributed by atoms with Gasteiger partial charge in [0.15, 0.2) is 0 Å². The van der Waals surface area contributed by atoms with Crippen molar-refractivity contribution in [1.29, 1.82) is 0 Å². The average Bonchev–Trinajstić information content (AvgIpc) is 2.42. The molecule has 0 radical (unpaired) electrons. The number of nitrogens with zero attached hydrogens (tertiary/aromatic N) is 3. The maximum atomic E-state index is 11.9. The number of carbonyl (C=O) groups excluding carboxylic acids is 2.